The van der Waals surface area contributed by atoms with Crippen LogP contribution in [0.2, 0.25) is 0 Å². The smallest absolute Gasteiger partial charge is 0.0166 e. The molecule has 0 N–H and O–H groups in total. The summed E-state index contributed by atoms with van der Waals surface area (Å²) in [6, 6.07) is 0. The first-order chi connectivity index (χ1) is 6.50. The molecule has 69 valence electrons. The lowest BCUT2D eigenvalue weighted by atomic mass is 10.2. The zero-order valence-electron chi connectivity index (χ0n) is 8.02. The van der Waals surface area contributed by atoms with Crippen molar-refractivity contribution in [2.24, 2.45) is 0 Å². The molecular weight excluding hydrogens is 156 g/mol. The van der Waals surface area contributed by atoms with E-state index in [1.807, 2.05) is 0 Å². The zero-order valence-corrected chi connectivity index (χ0v) is 8.02. The Morgan fingerprint density at radius 2 is 1.31 bits per heavy atom. The molecule has 1 aliphatic carbocycles. The van der Waals surface area contributed by atoms with E-state index in [2.05, 4.69) is 55.0 Å². The molecule has 0 aliphatic heterocycles. The van der Waals surface area contributed by atoms with E-state index in [1.54, 1.807) is 0 Å². The Morgan fingerprint density at radius 1 is 0.538 bits per heavy atom. The molecule has 13 heavy (non-hydrogen) atoms. The fraction of sp³-hybridized carbons (Fsp3) is 0.308. The van der Waals surface area contributed by atoms with Gasteiger partial charge >= 0.3 is 0 Å². The lowest BCUT2D eigenvalue weighted by Gasteiger charge is -1.91. The second-order valence-electron chi connectivity index (χ2n) is 3.05. The first kappa shape index (κ1) is 10.0. The van der Waals surface area contributed by atoms with E-state index in [9.17, 15) is 0 Å². The molecule has 0 bridgehead atoms. The number of hydrogen-bond donors (Lipinski definition) is 0. The summed E-state index contributed by atoms with van der Waals surface area (Å²) in [5.74, 6) is 0. The molecule has 0 aromatic heterocycles. The lowest BCUT2D eigenvalue weighted by molar-refractivity contribution is 0.931. The van der Waals surface area contributed by atoms with Crippen molar-refractivity contribution >= 4 is 0 Å². The van der Waals surface area contributed by atoms with Gasteiger partial charge in [0.15, 0.2) is 0 Å². The number of hydrogen-bond acceptors (Lipinski definition) is 0. The molecule has 1 radical (unpaired) electrons. The Morgan fingerprint density at radius 3 is 2.15 bits per heavy atom. The van der Waals surface area contributed by atoms with Gasteiger partial charge in [-0.25, -0.2) is 0 Å². The summed E-state index contributed by atoms with van der Waals surface area (Å²) in [6.45, 7) is 0. The quantitative estimate of drug-likeness (QED) is 0.486. The van der Waals surface area contributed by atoms with Crippen LogP contribution in [0.15, 0.2) is 48.6 Å². The molecule has 0 aromatic rings. The van der Waals surface area contributed by atoms with Crippen molar-refractivity contribution in [3.8, 4) is 0 Å². The summed E-state index contributed by atoms with van der Waals surface area (Å²) in [5.41, 5.74) is 0. The highest BCUT2D eigenvalue weighted by atomic mass is 13.9. The molecule has 1 rings (SSSR count). The number of rotatable bonds is 0. The highest BCUT2D eigenvalue weighted by Crippen LogP contribution is 2.02. The average molecular weight is 173 g/mol. The summed E-state index contributed by atoms with van der Waals surface area (Å²) in [7, 11) is 0. The molecule has 0 nitrogen and oxygen atoms in total. The third-order valence-electron chi connectivity index (χ3n) is 1.88. The minimum absolute atomic E-state index is 1.05. The Bertz CT molecular complexity index is 216. The van der Waals surface area contributed by atoms with Crippen LogP contribution in [0.4, 0.5) is 0 Å². The van der Waals surface area contributed by atoms with Gasteiger partial charge in [-0.1, -0.05) is 48.6 Å². The van der Waals surface area contributed by atoms with Crippen LogP contribution >= 0.6 is 0 Å². The molecule has 0 amide bonds. The van der Waals surface area contributed by atoms with Gasteiger partial charge in [0, 0.05) is 0 Å². The van der Waals surface area contributed by atoms with Gasteiger partial charge in [0.2, 0.25) is 0 Å². The summed E-state index contributed by atoms with van der Waals surface area (Å²) < 4.78 is 0. The predicted octanol–water partition coefficient (Wildman–Crippen LogP) is 3.99. The Labute approximate surface area is 81.4 Å². The summed E-state index contributed by atoms with van der Waals surface area (Å²) in [6.07, 6.45) is 24.0. The molecule has 0 heterocycles. The van der Waals surface area contributed by atoms with Crippen LogP contribution in [-0.2, 0) is 0 Å². The molecule has 1 aliphatic rings. The van der Waals surface area contributed by atoms with Crippen molar-refractivity contribution in [3.63, 3.8) is 0 Å². The third kappa shape index (κ3) is 6.15. The first-order valence-corrected chi connectivity index (χ1v) is 4.95. The second-order valence-corrected chi connectivity index (χ2v) is 3.05. The van der Waals surface area contributed by atoms with Crippen molar-refractivity contribution in [2.75, 3.05) is 0 Å². The largest absolute Gasteiger partial charge is 0.0882 e. The Kier molecular flexibility index (Phi) is 5.87. The van der Waals surface area contributed by atoms with Crippen LogP contribution in [0.5, 0.6) is 0 Å². The zero-order chi connectivity index (χ0) is 9.19. The summed E-state index contributed by atoms with van der Waals surface area (Å²) in [4.78, 5) is 0. The van der Waals surface area contributed by atoms with E-state index in [-0.39, 0.29) is 0 Å². The maximum atomic E-state index is 2.32. The van der Waals surface area contributed by atoms with Crippen LogP contribution in [0.25, 0.3) is 0 Å². The monoisotopic (exact) mass is 173 g/mol. The molecule has 0 spiro atoms. The molecule has 0 atom stereocenters. The highest BCUT2D eigenvalue weighted by Gasteiger charge is 1.83. The van der Waals surface area contributed by atoms with Crippen LogP contribution in [-0.4, -0.2) is 0 Å². The van der Waals surface area contributed by atoms with Crippen molar-refractivity contribution in [2.45, 2.75) is 25.7 Å². The van der Waals surface area contributed by atoms with Crippen molar-refractivity contribution in [1.82, 2.24) is 0 Å². The van der Waals surface area contributed by atoms with Crippen molar-refractivity contribution in [1.29, 1.82) is 0 Å². The van der Waals surface area contributed by atoms with E-state index in [0.29, 0.717) is 0 Å². The van der Waals surface area contributed by atoms with Crippen molar-refractivity contribution < 1.29 is 0 Å². The maximum Gasteiger partial charge on any atom is -0.0166 e. The average Bonchev–Trinajstić information content (AvgIpc) is 2.18. The lowest BCUT2D eigenvalue weighted by Crippen LogP contribution is -1.73. The molecule has 0 unspecified atom stereocenters. The Hall–Kier alpha value is -1.04. The summed E-state index contributed by atoms with van der Waals surface area (Å²) in [5, 5.41) is 0. The van der Waals surface area contributed by atoms with Gasteiger partial charge < -0.3 is 0 Å². The van der Waals surface area contributed by atoms with Crippen LogP contribution in [0, 0.1) is 6.42 Å². The van der Waals surface area contributed by atoms with Gasteiger partial charge in [-0.3, -0.25) is 0 Å². The van der Waals surface area contributed by atoms with Gasteiger partial charge in [0.1, 0.15) is 0 Å². The van der Waals surface area contributed by atoms with Gasteiger partial charge in [-0.15, -0.1) is 0 Å². The predicted molar refractivity (Wildman–Crippen MR) is 59.3 cm³/mol. The van der Waals surface area contributed by atoms with Gasteiger partial charge in [0.25, 0.3) is 0 Å². The molecule has 0 aromatic carbocycles. The van der Waals surface area contributed by atoms with E-state index >= 15 is 0 Å². The standard InChI is InChI=1S/C13H17/c1-2-4-6-8-10-12-13-11-9-7-5-3-1/h1-6,9-11H,7-8,12-13H2/b2-1+,5-3+,6-4-,11-9-. The Balaban J connectivity index is 2.38. The minimum Gasteiger partial charge on any atom is -0.0882 e. The van der Waals surface area contributed by atoms with Crippen LogP contribution in [0.3, 0.4) is 0 Å². The second kappa shape index (κ2) is 7.60. The van der Waals surface area contributed by atoms with Gasteiger partial charge in [-0.05, 0) is 32.1 Å². The maximum absolute atomic E-state index is 2.32. The van der Waals surface area contributed by atoms with Gasteiger partial charge in [-0.2, -0.15) is 0 Å². The highest BCUT2D eigenvalue weighted by molar-refractivity contribution is 5.12. The van der Waals surface area contributed by atoms with E-state index in [1.165, 1.54) is 12.8 Å². The van der Waals surface area contributed by atoms with Crippen molar-refractivity contribution in [3.05, 3.63) is 55.0 Å². The fourth-order valence-corrected chi connectivity index (χ4v) is 1.16. The van der Waals surface area contributed by atoms with Crippen LogP contribution < -0.4 is 0 Å². The third-order valence-corrected chi connectivity index (χ3v) is 1.88. The van der Waals surface area contributed by atoms with Crippen LogP contribution in [0.1, 0.15) is 25.7 Å². The molecule has 0 heteroatoms. The minimum atomic E-state index is 1.05. The van der Waals surface area contributed by atoms with E-state index < -0.39 is 0 Å². The fourth-order valence-electron chi connectivity index (χ4n) is 1.16. The molecular formula is C13H17. The number of allylic oxidation sites excluding steroid dienone is 8. The van der Waals surface area contributed by atoms with Gasteiger partial charge in [0.05, 0.1) is 0 Å². The molecule has 0 saturated heterocycles. The first-order valence-electron chi connectivity index (χ1n) is 4.95. The topological polar surface area (TPSA) is 0 Å². The van der Waals surface area contributed by atoms with E-state index in [4.69, 9.17) is 0 Å². The SMILES string of the molecule is [CH]1C\C=C/C=C/C=C/C/C=C\CC1. The normalized spacial score (nSPS) is 28.9. The molecule has 0 fully saturated rings. The summed E-state index contributed by atoms with van der Waals surface area (Å²) >= 11 is 0. The van der Waals surface area contributed by atoms with E-state index in [0.717, 1.165) is 12.8 Å². The molecule has 0 saturated carbocycles.